The van der Waals surface area contributed by atoms with Crippen molar-refractivity contribution in [3.63, 3.8) is 0 Å². The molecule has 5 nitrogen and oxygen atoms in total. The van der Waals surface area contributed by atoms with Gasteiger partial charge >= 0.3 is 0 Å². The number of anilines is 1. The highest BCUT2D eigenvalue weighted by molar-refractivity contribution is 9.10. The molecule has 0 saturated heterocycles. The van der Waals surface area contributed by atoms with E-state index in [0.717, 1.165) is 4.47 Å². The molecule has 7 heteroatoms. The predicted molar refractivity (Wildman–Crippen MR) is 84.2 cm³/mol. The molecule has 1 N–H and O–H groups in total. The van der Waals surface area contributed by atoms with Crippen LogP contribution in [0, 0.1) is 0 Å². The SMILES string of the molecule is CC([O-])=Nc1cccc(NS(=O)(=O)c2ccc(Br)cc2)c1. The van der Waals surface area contributed by atoms with Gasteiger partial charge in [-0.1, -0.05) is 22.0 Å². The van der Waals surface area contributed by atoms with Gasteiger partial charge in [0.05, 0.1) is 16.3 Å². The van der Waals surface area contributed by atoms with Gasteiger partial charge in [-0.15, -0.1) is 0 Å². The van der Waals surface area contributed by atoms with Gasteiger partial charge in [0.1, 0.15) is 0 Å². The first-order chi connectivity index (χ1) is 9.87. The number of halogens is 1. The maximum Gasteiger partial charge on any atom is 0.261 e. The molecular formula is C14H12BrN2O3S-. The average molecular weight is 368 g/mol. The number of sulfonamides is 1. The average Bonchev–Trinajstić information content (AvgIpc) is 2.38. The van der Waals surface area contributed by atoms with E-state index < -0.39 is 10.0 Å². The Morgan fingerprint density at radius 3 is 2.48 bits per heavy atom. The fourth-order valence-corrected chi connectivity index (χ4v) is 2.96. The number of nitrogens with one attached hydrogen (secondary N) is 1. The summed E-state index contributed by atoms with van der Waals surface area (Å²) in [5.41, 5.74) is 0.749. The van der Waals surface area contributed by atoms with Crippen LogP contribution in [-0.2, 0) is 10.0 Å². The smallest absolute Gasteiger partial charge is 0.261 e. The van der Waals surface area contributed by atoms with Crippen LogP contribution in [-0.4, -0.2) is 14.3 Å². The van der Waals surface area contributed by atoms with Crippen LogP contribution < -0.4 is 9.83 Å². The quantitative estimate of drug-likeness (QED) is 0.666. The van der Waals surface area contributed by atoms with Crippen LogP contribution >= 0.6 is 15.9 Å². The normalized spacial score (nSPS) is 12.2. The highest BCUT2D eigenvalue weighted by Crippen LogP contribution is 2.22. The molecule has 0 aliphatic rings. The Kier molecular flexibility index (Phi) is 4.64. The Bertz CT molecular complexity index is 767. The van der Waals surface area contributed by atoms with Gasteiger partial charge in [-0.3, -0.25) is 9.71 Å². The van der Waals surface area contributed by atoms with E-state index in [4.69, 9.17) is 0 Å². The minimum absolute atomic E-state index is 0.152. The van der Waals surface area contributed by atoms with Crippen LogP contribution in [0.3, 0.4) is 0 Å². The van der Waals surface area contributed by atoms with E-state index in [1.54, 1.807) is 30.3 Å². The second kappa shape index (κ2) is 6.28. The van der Waals surface area contributed by atoms with E-state index >= 15 is 0 Å². The first kappa shape index (κ1) is 15.5. The maximum atomic E-state index is 12.2. The van der Waals surface area contributed by atoms with Crippen molar-refractivity contribution in [2.24, 2.45) is 4.99 Å². The molecule has 2 aromatic carbocycles. The Balaban J connectivity index is 2.28. The fraction of sp³-hybridized carbons (Fsp3) is 0.0714. The molecule has 0 spiro atoms. The fourth-order valence-electron chi connectivity index (χ4n) is 1.65. The molecule has 0 heterocycles. The maximum absolute atomic E-state index is 12.2. The van der Waals surface area contributed by atoms with Crippen LogP contribution in [0.2, 0.25) is 0 Å². The van der Waals surface area contributed by atoms with E-state index in [1.807, 2.05) is 0 Å². The summed E-state index contributed by atoms with van der Waals surface area (Å²) in [6.07, 6.45) is 0. The summed E-state index contributed by atoms with van der Waals surface area (Å²) in [6.45, 7) is 1.33. The second-order valence-electron chi connectivity index (χ2n) is 4.24. The standard InChI is InChI=1S/C14H13BrN2O3S/c1-10(18)16-12-3-2-4-13(9-12)17-21(19,20)14-7-5-11(15)6-8-14/h2-9,17H,1H3,(H,16,18)/p-1. The van der Waals surface area contributed by atoms with Crippen LogP contribution in [0.15, 0.2) is 62.9 Å². The Morgan fingerprint density at radius 2 is 1.86 bits per heavy atom. The Morgan fingerprint density at radius 1 is 1.19 bits per heavy atom. The first-order valence-electron chi connectivity index (χ1n) is 5.97. The molecule has 0 fully saturated rings. The number of hydrogen-bond acceptors (Lipinski definition) is 4. The van der Waals surface area contributed by atoms with Crippen LogP contribution in [0.25, 0.3) is 0 Å². The van der Waals surface area contributed by atoms with Crippen LogP contribution in [0.1, 0.15) is 6.92 Å². The minimum atomic E-state index is -3.67. The molecule has 0 bridgehead atoms. The van der Waals surface area contributed by atoms with E-state index in [0.29, 0.717) is 11.4 Å². The molecule has 0 unspecified atom stereocenters. The van der Waals surface area contributed by atoms with Gasteiger partial charge in [0.2, 0.25) is 0 Å². The van der Waals surface area contributed by atoms with Gasteiger partial charge in [-0.05, 0) is 55.3 Å². The van der Waals surface area contributed by atoms with Crippen molar-refractivity contribution < 1.29 is 13.5 Å². The van der Waals surface area contributed by atoms with Gasteiger partial charge in [0.15, 0.2) is 0 Å². The third-order valence-corrected chi connectivity index (χ3v) is 4.43. The van der Waals surface area contributed by atoms with Crippen molar-refractivity contribution in [1.29, 1.82) is 0 Å². The van der Waals surface area contributed by atoms with Crippen LogP contribution in [0.5, 0.6) is 0 Å². The Hall–Kier alpha value is -1.86. The number of aliphatic imine (C=N–C) groups is 1. The number of hydrogen-bond donors (Lipinski definition) is 1. The summed E-state index contributed by atoms with van der Waals surface area (Å²) < 4.78 is 27.7. The molecule has 0 amide bonds. The van der Waals surface area contributed by atoms with Crippen molar-refractivity contribution in [2.75, 3.05) is 4.72 Å². The summed E-state index contributed by atoms with van der Waals surface area (Å²) in [6, 6.07) is 12.6. The topological polar surface area (TPSA) is 81.6 Å². The summed E-state index contributed by atoms with van der Waals surface area (Å²) in [4.78, 5) is 3.91. The third kappa shape index (κ3) is 4.30. The van der Waals surface area contributed by atoms with Crippen molar-refractivity contribution >= 4 is 43.2 Å². The summed E-state index contributed by atoms with van der Waals surface area (Å²) in [7, 11) is -3.67. The highest BCUT2D eigenvalue weighted by Gasteiger charge is 2.13. The molecular weight excluding hydrogens is 356 g/mol. The molecule has 2 rings (SSSR count). The molecule has 2 aromatic rings. The summed E-state index contributed by atoms with van der Waals surface area (Å²) in [5, 5.41) is 11.0. The molecule has 0 aromatic heterocycles. The molecule has 0 saturated carbocycles. The largest absolute Gasteiger partial charge is 0.862 e. The monoisotopic (exact) mass is 367 g/mol. The molecule has 0 radical (unpaired) electrons. The molecule has 0 atom stereocenters. The van der Waals surface area contributed by atoms with Gasteiger partial charge < -0.3 is 5.11 Å². The minimum Gasteiger partial charge on any atom is -0.862 e. The predicted octanol–water partition coefficient (Wildman–Crippen LogP) is 2.66. The lowest BCUT2D eigenvalue weighted by Gasteiger charge is -2.09. The lowest BCUT2D eigenvalue weighted by atomic mass is 10.3. The van der Waals surface area contributed by atoms with Gasteiger partial charge in [0, 0.05) is 4.47 Å². The molecule has 21 heavy (non-hydrogen) atoms. The van der Waals surface area contributed by atoms with Gasteiger partial charge in [0.25, 0.3) is 10.0 Å². The summed E-state index contributed by atoms with van der Waals surface area (Å²) >= 11 is 3.25. The van der Waals surface area contributed by atoms with Gasteiger partial charge in [-0.2, -0.15) is 0 Å². The van der Waals surface area contributed by atoms with E-state index in [-0.39, 0.29) is 10.8 Å². The zero-order valence-electron chi connectivity index (χ0n) is 11.1. The van der Waals surface area contributed by atoms with Gasteiger partial charge in [-0.25, -0.2) is 8.42 Å². The van der Waals surface area contributed by atoms with Crippen molar-refractivity contribution in [3.8, 4) is 0 Å². The third-order valence-electron chi connectivity index (χ3n) is 2.51. The zero-order valence-corrected chi connectivity index (χ0v) is 13.5. The van der Waals surface area contributed by atoms with Crippen molar-refractivity contribution in [2.45, 2.75) is 11.8 Å². The van der Waals surface area contributed by atoms with Crippen LogP contribution in [0.4, 0.5) is 11.4 Å². The van der Waals surface area contributed by atoms with Crippen molar-refractivity contribution in [3.05, 3.63) is 53.0 Å². The zero-order chi connectivity index (χ0) is 15.5. The summed E-state index contributed by atoms with van der Waals surface area (Å²) in [5.74, 6) is -0.345. The highest BCUT2D eigenvalue weighted by atomic mass is 79.9. The lowest BCUT2D eigenvalue weighted by molar-refractivity contribution is -0.215. The number of nitrogens with zero attached hydrogens (tertiary/aromatic N) is 1. The molecule has 0 aliphatic heterocycles. The molecule has 0 aliphatic carbocycles. The second-order valence-corrected chi connectivity index (χ2v) is 6.84. The van der Waals surface area contributed by atoms with Crippen molar-refractivity contribution in [1.82, 2.24) is 0 Å². The number of benzene rings is 2. The Labute approximate surface area is 131 Å². The van der Waals surface area contributed by atoms with E-state index in [2.05, 4.69) is 25.6 Å². The van der Waals surface area contributed by atoms with E-state index in [9.17, 15) is 13.5 Å². The first-order valence-corrected chi connectivity index (χ1v) is 8.25. The lowest BCUT2D eigenvalue weighted by Crippen LogP contribution is -2.13. The number of rotatable bonds is 4. The van der Waals surface area contributed by atoms with E-state index in [1.165, 1.54) is 25.1 Å². The molecule has 110 valence electrons.